The number of nitrogens with one attached hydrogen (secondary N) is 2. The van der Waals surface area contributed by atoms with E-state index >= 15 is 0 Å². The summed E-state index contributed by atoms with van der Waals surface area (Å²) in [5.41, 5.74) is 0. The van der Waals surface area contributed by atoms with Crippen molar-refractivity contribution >= 4 is 23.6 Å². The van der Waals surface area contributed by atoms with Crippen molar-refractivity contribution in [3.05, 3.63) is 0 Å². The number of thioether (sulfide) groups is 1. The van der Waals surface area contributed by atoms with E-state index < -0.39 is 0 Å². The second-order valence-corrected chi connectivity index (χ2v) is 7.77. The molecular weight excluding hydrogens is 328 g/mol. The first-order chi connectivity index (χ1) is 11.6. The van der Waals surface area contributed by atoms with Crippen molar-refractivity contribution < 1.29 is 9.59 Å². The lowest BCUT2D eigenvalue weighted by Crippen LogP contribution is -2.39. The van der Waals surface area contributed by atoms with Gasteiger partial charge in [-0.3, -0.25) is 9.59 Å². The van der Waals surface area contributed by atoms with Crippen LogP contribution in [0, 0.1) is 5.92 Å². The minimum atomic E-state index is -0.279. The van der Waals surface area contributed by atoms with Crippen molar-refractivity contribution in [2.75, 3.05) is 13.1 Å². The Bertz CT molecular complexity index is 582. The predicted octanol–water partition coefficient (Wildman–Crippen LogP) is 0.911. The van der Waals surface area contributed by atoms with E-state index in [-0.39, 0.29) is 23.0 Å². The first kappa shape index (κ1) is 17.2. The lowest BCUT2D eigenvalue weighted by molar-refractivity contribution is -0.125. The van der Waals surface area contributed by atoms with E-state index in [1.807, 2.05) is 6.92 Å². The largest absolute Gasteiger partial charge is 0.354 e. The summed E-state index contributed by atoms with van der Waals surface area (Å²) in [6.07, 6.45) is 6.46. The highest BCUT2D eigenvalue weighted by Crippen LogP contribution is 2.37. The van der Waals surface area contributed by atoms with Gasteiger partial charge in [0.05, 0.1) is 11.3 Å². The summed E-state index contributed by atoms with van der Waals surface area (Å²) in [5.74, 6) is 0.213. The maximum absolute atomic E-state index is 12.1. The molecule has 2 aliphatic rings. The maximum Gasteiger partial charge on any atom is 0.233 e. The lowest BCUT2D eigenvalue weighted by atomic mass is 10.1. The number of hydrogen-bond acceptors (Lipinski definition) is 6. The number of tetrazole rings is 1. The molecule has 2 aliphatic carbocycles. The van der Waals surface area contributed by atoms with Gasteiger partial charge >= 0.3 is 0 Å². The predicted molar refractivity (Wildman–Crippen MR) is 89.4 cm³/mol. The van der Waals surface area contributed by atoms with Gasteiger partial charge in [0.25, 0.3) is 0 Å². The van der Waals surface area contributed by atoms with E-state index in [2.05, 4.69) is 26.2 Å². The Morgan fingerprint density at radius 2 is 1.92 bits per heavy atom. The molecule has 0 aliphatic heterocycles. The Labute approximate surface area is 145 Å². The van der Waals surface area contributed by atoms with E-state index in [0.717, 1.165) is 38.5 Å². The molecule has 0 radical (unpaired) electrons. The zero-order chi connectivity index (χ0) is 16.9. The van der Waals surface area contributed by atoms with Crippen molar-refractivity contribution in [3.63, 3.8) is 0 Å². The van der Waals surface area contributed by atoms with Crippen LogP contribution < -0.4 is 10.6 Å². The second kappa shape index (κ2) is 7.96. The molecule has 2 saturated carbocycles. The van der Waals surface area contributed by atoms with Crippen LogP contribution in [0.3, 0.4) is 0 Å². The molecule has 1 atom stereocenters. The smallest absolute Gasteiger partial charge is 0.233 e. The number of carbonyl (C=O) groups excluding carboxylic acids is 2. The minimum absolute atomic E-state index is 0.0690. The van der Waals surface area contributed by atoms with Crippen LogP contribution in [0.25, 0.3) is 0 Å². The van der Waals surface area contributed by atoms with Gasteiger partial charge in [-0.05, 0) is 43.0 Å². The average Bonchev–Trinajstić information content (AvgIpc) is 3.08. The van der Waals surface area contributed by atoms with E-state index in [9.17, 15) is 9.59 Å². The number of amides is 2. The van der Waals surface area contributed by atoms with Crippen LogP contribution in [-0.4, -0.2) is 50.4 Å². The fourth-order valence-corrected chi connectivity index (χ4v) is 3.75. The van der Waals surface area contributed by atoms with Gasteiger partial charge < -0.3 is 10.6 Å². The summed E-state index contributed by atoms with van der Waals surface area (Å²) in [7, 11) is 0. The molecule has 1 unspecified atom stereocenters. The number of nitrogens with zero attached hydrogens (tertiary/aromatic N) is 4. The number of rotatable bonds is 8. The normalized spacial score (nSPS) is 19.2. The monoisotopic (exact) mass is 352 g/mol. The highest BCUT2D eigenvalue weighted by Gasteiger charge is 2.29. The van der Waals surface area contributed by atoms with Crippen LogP contribution in [-0.2, 0) is 9.59 Å². The average molecular weight is 352 g/mol. The van der Waals surface area contributed by atoms with Gasteiger partial charge in [-0.15, -0.1) is 5.10 Å². The fourth-order valence-electron chi connectivity index (χ4n) is 2.87. The Balaban J connectivity index is 1.35. The Morgan fingerprint density at radius 1 is 1.21 bits per heavy atom. The van der Waals surface area contributed by atoms with E-state index in [1.165, 1.54) is 11.8 Å². The van der Waals surface area contributed by atoms with Crippen molar-refractivity contribution in [2.45, 2.75) is 61.9 Å². The zero-order valence-corrected chi connectivity index (χ0v) is 14.7. The molecule has 1 aromatic heterocycles. The summed E-state index contributed by atoms with van der Waals surface area (Å²) in [6.45, 7) is 2.75. The molecule has 0 spiro atoms. The molecule has 132 valence electrons. The number of hydrogen-bond donors (Lipinski definition) is 2. The van der Waals surface area contributed by atoms with Gasteiger partial charge in [-0.25, -0.2) is 4.68 Å². The molecule has 2 N–H and O–H groups in total. The summed E-state index contributed by atoms with van der Waals surface area (Å²) < 4.78 is 1.80. The summed E-state index contributed by atoms with van der Waals surface area (Å²) in [5, 5.41) is 17.8. The van der Waals surface area contributed by atoms with Gasteiger partial charge in [-0.1, -0.05) is 24.6 Å². The first-order valence-corrected chi connectivity index (χ1v) is 9.53. The van der Waals surface area contributed by atoms with E-state index in [0.29, 0.717) is 24.3 Å². The molecule has 9 heteroatoms. The van der Waals surface area contributed by atoms with Crippen molar-refractivity contribution in [3.8, 4) is 0 Å². The van der Waals surface area contributed by atoms with Crippen LogP contribution in [0.15, 0.2) is 5.16 Å². The lowest BCUT2D eigenvalue weighted by Gasteiger charge is -2.13. The Kier molecular flexibility index (Phi) is 5.70. The standard InChI is InChI=1S/C15H24N6O2S/c1-10(24-15-18-19-20-21(15)12-6-7-12)13(22)16-8-9-17-14(23)11-4-2-3-5-11/h10-12H,2-9H2,1H3,(H,16,22)(H,17,23). The number of aromatic nitrogens is 4. The topological polar surface area (TPSA) is 102 Å². The molecule has 1 aromatic rings. The molecule has 0 bridgehead atoms. The number of carbonyl (C=O) groups is 2. The highest BCUT2D eigenvalue weighted by atomic mass is 32.2. The molecule has 1 heterocycles. The summed E-state index contributed by atoms with van der Waals surface area (Å²) in [4.78, 5) is 24.0. The molecule has 3 rings (SSSR count). The van der Waals surface area contributed by atoms with Crippen molar-refractivity contribution in [2.24, 2.45) is 5.92 Å². The van der Waals surface area contributed by atoms with Crippen LogP contribution in [0.5, 0.6) is 0 Å². The summed E-state index contributed by atoms with van der Waals surface area (Å²) in [6, 6.07) is 0.392. The van der Waals surface area contributed by atoms with Gasteiger partial charge in [-0.2, -0.15) is 0 Å². The van der Waals surface area contributed by atoms with Crippen LogP contribution in [0.1, 0.15) is 51.5 Å². The zero-order valence-electron chi connectivity index (χ0n) is 13.9. The molecule has 24 heavy (non-hydrogen) atoms. The van der Waals surface area contributed by atoms with Gasteiger partial charge in [0.2, 0.25) is 17.0 Å². The Hall–Kier alpha value is -1.64. The molecule has 0 saturated heterocycles. The molecule has 8 nitrogen and oxygen atoms in total. The SMILES string of the molecule is CC(Sc1nnnn1C1CC1)C(=O)NCCNC(=O)C1CCCC1. The van der Waals surface area contributed by atoms with Crippen molar-refractivity contribution in [1.29, 1.82) is 0 Å². The van der Waals surface area contributed by atoms with Crippen LogP contribution in [0.4, 0.5) is 0 Å². The van der Waals surface area contributed by atoms with Gasteiger partial charge in [0.1, 0.15) is 0 Å². The minimum Gasteiger partial charge on any atom is -0.354 e. The van der Waals surface area contributed by atoms with E-state index in [1.54, 1.807) is 4.68 Å². The van der Waals surface area contributed by atoms with E-state index in [4.69, 9.17) is 0 Å². The van der Waals surface area contributed by atoms with Crippen LogP contribution >= 0.6 is 11.8 Å². The molecule has 2 amide bonds. The summed E-state index contributed by atoms with van der Waals surface area (Å²) >= 11 is 1.37. The highest BCUT2D eigenvalue weighted by molar-refractivity contribution is 8.00. The third kappa shape index (κ3) is 4.46. The van der Waals surface area contributed by atoms with Gasteiger partial charge in [0.15, 0.2) is 0 Å². The van der Waals surface area contributed by atoms with Crippen LogP contribution in [0.2, 0.25) is 0 Å². The quantitative estimate of drug-likeness (QED) is 0.533. The second-order valence-electron chi connectivity index (χ2n) is 6.46. The van der Waals surface area contributed by atoms with Gasteiger partial charge in [0, 0.05) is 19.0 Å². The molecule has 2 fully saturated rings. The fraction of sp³-hybridized carbons (Fsp3) is 0.800. The molecular formula is C15H24N6O2S. The third-order valence-corrected chi connectivity index (χ3v) is 5.50. The molecule has 0 aromatic carbocycles. The third-order valence-electron chi connectivity index (χ3n) is 4.46. The Morgan fingerprint density at radius 3 is 2.62 bits per heavy atom. The maximum atomic E-state index is 12.1. The van der Waals surface area contributed by atoms with Crippen molar-refractivity contribution in [1.82, 2.24) is 30.8 Å². The first-order valence-electron chi connectivity index (χ1n) is 8.65.